The van der Waals surface area contributed by atoms with Gasteiger partial charge in [-0.25, -0.2) is 4.98 Å². The van der Waals surface area contributed by atoms with E-state index in [4.69, 9.17) is 17.3 Å². The molecule has 0 radical (unpaired) electrons. The molecule has 0 aliphatic rings. The van der Waals surface area contributed by atoms with Gasteiger partial charge in [-0.2, -0.15) is 0 Å². The smallest absolute Gasteiger partial charge is 0.268 e. The molecule has 0 spiro atoms. The maximum absolute atomic E-state index is 11.1. The van der Waals surface area contributed by atoms with E-state index in [1.165, 1.54) is 0 Å². The number of fused-ring (bicyclic) bond motifs is 1. The van der Waals surface area contributed by atoms with Crippen LogP contribution in [0.1, 0.15) is 16.1 Å². The van der Waals surface area contributed by atoms with Crippen LogP contribution in [-0.2, 0) is 0 Å². The van der Waals surface area contributed by atoms with Gasteiger partial charge in [0.1, 0.15) is 5.69 Å². The molecule has 3 nitrogen and oxygen atoms in total. The molecule has 0 bridgehead atoms. The SMILES string of the molecule is Cc1cc(Br)c2cc(Cl)c(C(N)=O)nc2c1. The number of rotatable bonds is 1. The van der Waals surface area contributed by atoms with Crippen molar-refractivity contribution >= 4 is 44.3 Å². The normalized spacial score (nSPS) is 10.7. The lowest BCUT2D eigenvalue weighted by Crippen LogP contribution is -2.13. The minimum Gasteiger partial charge on any atom is -0.364 e. The summed E-state index contributed by atoms with van der Waals surface area (Å²) in [6.45, 7) is 1.95. The number of amides is 1. The fraction of sp³-hybridized carbons (Fsp3) is 0.0909. The van der Waals surface area contributed by atoms with Crippen molar-refractivity contribution in [2.75, 3.05) is 0 Å². The van der Waals surface area contributed by atoms with E-state index in [-0.39, 0.29) is 10.7 Å². The number of aryl methyl sites for hydroxylation is 1. The third-order valence-corrected chi connectivity index (χ3v) is 3.16. The van der Waals surface area contributed by atoms with E-state index in [0.717, 1.165) is 15.4 Å². The molecule has 0 unspecified atom stereocenters. The largest absolute Gasteiger partial charge is 0.364 e. The molecule has 2 rings (SSSR count). The van der Waals surface area contributed by atoms with Crippen molar-refractivity contribution in [1.82, 2.24) is 4.98 Å². The number of primary amides is 1. The number of carbonyl (C=O) groups is 1. The predicted molar refractivity (Wildman–Crippen MR) is 67.7 cm³/mol. The van der Waals surface area contributed by atoms with Gasteiger partial charge in [0.15, 0.2) is 0 Å². The second-order valence-electron chi connectivity index (χ2n) is 3.50. The van der Waals surface area contributed by atoms with Crippen molar-refractivity contribution in [2.45, 2.75) is 6.92 Å². The van der Waals surface area contributed by atoms with E-state index in [2.05, 4.69) is 20.9 Å². The van der Waals surface area contributed by atoms with E-state index in [9.17, 15) is 4.79 Å². The van der Waals surface area contributed by atoms with Crippen LogP contribution in [0.3, 0.4) is 0 Å². The summed E-state index contributed by atoms with van der Waals surface area (Å²) in [6.07, 6.45) is 0. The van der Waals surface area contributed by atoms with E-state index in [0.29, 0.717) is 5.52 Å². The van der Waals surface area contributed by atoms with Gasteiger partial charge in [0.05, 0.1) is 10.5 Å². The zero-order chi connectivity index (χ0) is 11.9. The second-order valence-corrected chi connectivity index (χ2v) is 4.76. The van der Waals surface area contributed by atoms with E-state index in [1.807, 2.05) is 19.1 Å². The molecule has 0 aliphatic heterocycles. The molecule has 0 fully saturated rings. The van der Waals surface area contributed by atoms with Gasteiger partial charge >= 0.3 is 0 Å². The van der Waals surface area contributed by atoms with Gasteiger partial charge in [0, 0.05) is 9.86 Å². The predicted octanol–water partition coefficient (Wildman–Crippen LogP) is 3.06. The number of nitrogens with zero attached hydrogens (tertiary/aromatic N) is 1. The molecular formula is C11H8BrClN2O. The van der Waals surface area contributed by atoms with Gasteiger partial charge in [-0.3, -0.25) is 4.79 Å². The lowest BCUT2D eigenvalue weighted by atomic mass is 10.1. The van der Waals surface area contributed by atoms with Gasteiger partial charge in [0.2, 0.25) is 0 Å². The van der Waals surface area contributed by atoms with Crippen LogP contribution in [0.25, 0.3) is 10.9 Å². The average molecular weight is 300 g/mol. The minimum absolute atomic E-state index is 0.103. The first kappa shape index (κ1) is 11.4. The molecule has 2 aromatic rings. The third-order valence-electron chi connectivity index (χ3n) is 2.21. The Labute approximate surface area is 106 Å². The molecular weight excluding hydrogens is 291 g/mol. The molecule has 1 aromatic carbocycles. The second kappa shape index (κ2) is 4.03. The topological polar surface area (TPSA) is 56.0 Å². The van der Waals surface area contributed by atoms with Gasteiger partial charge in [0.25, 0.3) is 5.91 Å². The summed E-state index contributed by atoms with van der Waals surface area (Å²) >= 11 is 9.35. The molecule has 1 aromatic heterocycles. The summed E-state index contributed by atoms with van der Waals surface area (Å²) in [6, 6.07) is 5.53. The Balaban J connectivity index is 2.84. The molecule has 82 valence electrons. The Hall–Kier alpha value is -1.13. The number of aromatic nitrogens is 1. The molecule has 0 saturated carbocycles. The van der Waals surface area contributed by atoms with Crippen LogP contribution in [0.5, 0.6) is 0 Å². The quantitative estimate of drug-likeness (QED) is 0.880. The number of pyridine rings is 1. The highest BCUT2D eigenvalue weighted by Crippen LogP contribution is 2.28. The molecule has 0 aliphatic carbocycles. The number of nitrogens with two attached hydrogens (primary N) is 1. The van der Waals surface area contributed by atoms with E-state index < -0.39 is 5.91 Å². The van der Waals surface area contributed by atoms with Crippen molar-refractivity contribution in [3.05, 3.63) is 39.0 Å². The summed E-state index contributed by atoms with van der Waals surface area (Å²) in [5.74, 6) is -0.621. The van der Waals surface area contributed by atoms with E-state index in [1.54, 1.807) is 6.07 Å². The van der Waals surface area contributed by atoms with Crippen LogP contribution < -0.4 is 5.73 Å². The van der Waals surface area contributed by atoms with Crippen molar-refractivity contribution in [3.63, 3.8) is 0 Å². The first-order valence-electron chi connectivity index (χ1n) is 4.55. The monoisotopic (exact) mass is 298 g/mol. The Morgan fingerprint density at radius 1 is 1.44 bits per heavy atom. The molecule has 0 saturated heterocycles. The highest BCUT2D eigenvalue weighted by Gasteiger charge is 2.11. The summed E-state index contributed by atoms with van der Waals surface area (Å²) in [5.41, 5.74) is 7.03. The first-order valence-corrected chi connectivity index (χ1v) is 5.72. The van der Waals surface area contributed by atoms with Crippen LogP contribution in [0, 0.1) is 6.92 Å². The van der Waals surface area contributed by atoms with Crippen molar-refractivity contribution in [3.8, 4) is 0 Å². The maximum atomic E-state index is 11.1. The standard InChI is InChI=1S/C11H8BrClN2O/c1-5-2-7(12)6-4-8(13)10(11(14)16)15-9(6)3-5/h2-4H,1H3,(H2,14,16). The van der Waals surface area contributed by atoms with Gasteiger partial charge in [-0.1, -0.05) is 27.5 Å². The summed E-state index contributed by atoms with van der Waals surface area (Å²) in [5, 5.41) is 1.13. The van der Waals surface area contributed by atoms with Crippen LogP contribution in [0.2, 0.25) is 5.02 Å². The average Bonchev–Trinajstić information content (AvgIpc) is 2.18. The number of halogens is 2. The highest BCUT2D eigenvalue weighted by molar-refractivity contribution is 9.10. The molecule has 0 atom stereocenters. The minimum atomic E-state index is -0.621. The molecule has 16 heavy (non-hydrogen) atoms. The summed E-state index contributed by atoms with van der Waals surface area (Å²) in [7, 11) is 0. The van der Waals surface area contributed by atoms with Crippen molar-refractivity contribution in [2.24, 2.45) is 5.73 Å². The molecule has 1 amide bonds. The Kier molecular flexibility index (Phi) is 2.86. The van der Waals surface area contributed by atoms with Gasteiger partial charge < -0.3 is 5.73 Å². The fourth-order valence-corrected chi connectivity index (χ4v) is 2.44. The molecule has 1 heterocycles. The van der Waals surface area contributed by atoms with Crippen LogP contribution in [0.4, 0.5) is 0 Å². The van der Waals surface area contributed by atoms with Gasteiger partial charge in [-0.15, -0.1) is 0 Å². The number of benzene rings is 1. The third kappa shape index (κ3) is 1.90. The Morgan fingerprint density at radius 2 is 2.12 bits per heavy atom. The van der Waals surface area contributed by atoms with Crippen molar-refractivity contribution in [1.29, 1.82) is 0 Å². The number of hydrogen-bond donors (Lipinski definition) is 1. The molecule has 2 N–H and O–H groups in total. The zero-order valence-corrected chi connectivity index (χ0v) is 10.8. The Morgan fingerprint density at radius 3 is 2.75 bits per heavy atom. The van der Waals surface area contributed by atoms with Crippen LogP contribution in [0.15, 0.2) is 22.7 Å². The number of hydrogen-bond acceptors (Lipinski definition) is 2. The Bertz CT molecular complexity index is 598. The highest BCUT2D eigenvalue weighted by atomic mass is 79.9. The molecule has 5 heteroatoms. The first-order chi connectivity index (χ1) is 7.49. The summed E-state index contributed by atoms with van der Waals surface area (Å²) in [4.78, 5) is 15.3. The lowest BCUT2D eigenvalue weighted by Gasteiger charge is -2.05. The van der Waals surface area contributed by atoms with Crippen LogP contribution >= 0.6 is 27.5 Å². The summed E-state index contributed by atoms with van der Waals surface area (Å²) < 4.78 is 0.896. The van der Waals surface area contributed by atoms with E-state index >= 15 is 0 Å². The van der Waals surface area contributed by atoms with Crippen molar-refractivity contribution < 1.29 is 4.79 Å². The number of carbonyl (C=O) groups excluding carboxylic acids is 1. The lowest BCUT2D eigenvalue weighted by molar-refractivity contribution is 0.0996. The van der Waals surface area contributed by atoms with Gasteiger partial charge in [-0.05, 0) is 30.7 Å². The zero-order valence-electron chi connectivity index (χ0n) is 8.42. The fourth-order valence-electron chi connectivity index (χ4n) is 1.51. The maximum Gasteiger partial charge on any atom is 0.268 e. The van der Waals surface area contributed by atoms with Crippen LogP contribution in [-0.4, -0.2) is 10.9 Å².